The number of benzene rings is 1. The monoisotopic (exact) mass is 324 g/mol. The third-order valence-corrected chi connectivity index (χ3v) is 5.33. The van der Waals surface area contributed by atoms with Gasteiger partial charge in [0.1, 0.15) is 6.61 Å². The molecule has 2 aromatic heterocycles. The van der Waals surface area contributed by atoms with E-state index in [9.17, 15) is 0 Å². The molecule has 1 N–H and O–H groups in total. The number of hydrogen-bond donors (Lipinski definition) is 1. The maximum Gasteiger partial charge on any atom is 0.113 e. The van der Waals surface area contributed by atoms with Crippen LogP contribution in [0, 0.1) is 0 Å². The van der Waals surface area contributed by atoms with Crippen molar-refractivity contribution in [3.8, 4) is 11.1 Å². The first-order valence-electron chi connectivity index (χ1n) is 8.37. The molecule has 0 aliphatic carbocycles. The van der Waals surface area contributed by atoms with Crippen molar-refractivity contribution in [2.24, 2.45) is 0 Å². The van der Waals surface area contributed by atoms with Crippen LogP contribution in [0.4, 0.5) is 0 Å². The molecule has 24 heavy (non-hydrogen) atoms. The Labute approximate surface area is 139 Å². The summed E-state index contributed by atoms with van der Waals surface area (Å²) in [6, 6.07) is 9.40. The fourth-order valence-corrected chi connectivity index (χ4v) is 3.92. The summed E-state index contributed by atoms with van der Waals surface area (Å²) in [6.07, 6.45) is 4.66. The summed E-state index contributed by atoms with van der Waals surface area (Å²) in [4.78, 5) is 8.50. The molecule has 0 saturated carbocycles. The largest absolute Gasteiger partial charge is 0.472 e. The third-order valence-electron chi connectivity index (χ3n) is 5.33. The zero-order valence-corrected chi connectivity index (χ0v) is 13.6. The lowest BCUT2D eigenvalue weighted by Gasteiger charge is -2.30. The van der Waals surface area contributed by atoms with Crippen LogP contribution in [-0.4, -0.2) is 52.4 Å². The molecule has 0 radical (unpaired) electrons. The number of hydroxylamine groups is 2. The van der Waals surface area contributed by atoms with Crippen LogP contribution in [0.15, 0.2) is 41.2 Å². The Morgan fingerprint density at radius 3 is 2.96 bits per heavy atom. The number of aromatic nitrogens is 2. The van der Waals surface area contributed by atoms with Crippen molar-refractivity contribution in [2.45, 2.75) is 25.1 Å². The number of H-pyrrole nitrogens is 1. The smallest absolute Gasteiger partial charge is 0.113 e. The molecule has 2 bridgehead atoms. The van der Waals surface area contributed by atoms with E-state index in [-0.39, 0.29) is 0 Å². The lowest BCUT2D eigenvalue weighted by molar-refractivity contribution is -0.192. The van der Waals surface area contributed by atoms with Crippen LogP contribution in [0.1, 0.15) is 12.1 Å². The predicted octanol–water partition coefficient (Wildman–Crippen LogP) is 2.64. The predicted molar refractivity (Wildman–Crippen MR) is 90.1 cm³/mol. The molecule has 0 spiro atoms. The summed E-state index contributed by atoms with van der Waals surface area (Å²) in [5.41, 5.74) is 4.18. The van der Waals surface area contributed by atoms with Crippen LogP contribution in [-0.2, 0) is 11.4 Å². The normalized spacial score (nSPS) is 24.4. The van der Waals surface area contributed by atoms with Gasteiger partial charge in [-0.1, -0.05) is 6.07 Å². The van der Waals surface area contributed by atoms with E-state index in [1.165, 1.54) is 6.42 Å². The van der Waals surface area contributed by atoms with Gasteiger partial charge in [0.2, 0.25) is 0 Å². The number of likely N-dealkylation sites (N-methyl/N-ethyl adjacent to an activating group) is 1. The molecule has 2 atom stereocenters. The van der Waals surface area contributed by atoms with Gasteiger partial charge < -0.3 is 9.32 Å². The summed E-state index contributed by atoms with van der Waals surface area (Å²) in [7, 11) is 2.20. The highest BCUT2D eigenvalue weighted by atomic mass is 16.7. The number of nitrogens with zero attached hydrogens (tertiary/aromatic N) is 3. The fraction of sp³-hybridized carbons (Fsp3) is 0.389. The van der Waals surface area contributed by atoms with Crippen molar-refractivity contribution in [2.75, 3.05) is 20.1 Å². The van der Waals surface area contributed by atoms with E-state index in [0.29, 0.717) is 18.7 Å². The van der Waals surface area contributed by atoms with E-state index < -0.39 is 0 Å². The second kappa shape index (κ2) is 5.44. The Balaban J connectivity index is 1.36. The minimum atomic E-state index is 0.502. The molecule has 2 fully saturated rings. The lowest BCUT2D eigenvalue weighted by atomic mass is 10.1. The van der Waals surface area contributed by atoms with Gasteiger partial charge in [-0.2, -0.15) is 10.2 Å². The second-order valence-electron chi connectivity index (χ2n) is 6.80. The molecule has 0 amide bonds. The maximum atomic E-state index is 6.07. The highest BCUT2D eigenvalue weighted by molar-refractivity contribution is 5.86. The zero-order chi connectivity index (χ0) is 16.1. The molecule has 3 aromatic rings. The minimum Gasteiger partial charge on any atom is -0.472 e. The molecule has 2 aliphatic heterocycles. The average molecular weight is 324 g/mol. The number of rotatable bonds is 4. The zero-order valence-electron chi connectivity index (χ0n) is 13.6. The van der Waals surface area contributed by atoms with Crippen molar-refractivity contribution in [1.29, 1.82) is 0 Å². The number of fused-ring (bicyclic) bond motifs is 3. The van der Waals surface area contributed by atoms with Gasteiger partial charge in [-0.05, 0) is 37.2 Å². The molecular weight excluding hydrogens is 304 g/mol. The summed E-state index contributed by atoms with van der Waals surface area (Å²) in [6.45, 7) is 2.59. The van der Waals surface area contributed by atoms with E-state index in [0.717, 1.165) is 40.8 Å². The Hall–Kier alpha value is -2.15. The Morgan fingerprint density at radius 2 is 2.21 bits per heavy atom. The molecule has 5 rings (SSSR count). The molecule has 4 heterocycles. The highest BCUT2D eigenvalue weighted by Gasteiger charge is 2.42. The first kappa shape index (κ1) is 14.2. The molecule has 6 nitrogen and oxygen atoms in total. The fourth-order valence-electron chi connectivity index (χ4n) is 3.92. The second-order valence-corrected chi connectivity index (χ2v) is 6.80. The lowest BCUT2D eigenvalue weighted by Crippen LogP contribution is -2.44. The Kier molecular flexibility index (Phi) is 3.22. The molecule has 124 valence electrons. The van der Waals surface area contributed by atoms with Gasteiger partial charge in [0.25, 0.3) is 0 Å². The maximum absolute atomic E-state index is 6.07. The van der Waals surface area contributed by atoms with Gasteiger partial charge in [0.15, 0.2) is 0 Å². The van der Waals surface area contributed by atoms with Crippen LogP contribution in [0.2, 0.25) is 0 Å². The number of hydrogen-bond acceptors (Lipinski definition) is 5. The molecule has 6 heteroatoms. The van der Waals surface area contributed by atoms with Gasteiger partial charge in [-0.15, -0.1) is 0 Å². The van der Waals surface area contributed by atoms with Crippen molar-refractivity contribution >= 4 is 10.9 Å². The van der Waals surface area contributed by atoms with Crippen LogP contribution in [0.5, 0.6) is 0 Å². The summed E-state index contributed by atoms with van der Waals surface area (Å²) in [5, 5.41) is 10.8. The van der Waals surface area contributed by atoms with Gasteiger partial charge in [0, 0.05) is 36.1 Å². The van der Waals surface area contributed by atoms with Crippen LogP contribution in [0.25, 0.3) is 22.0 Å². The Morgan fingerprint density at radius 1 is 1.25 bits per heavy atom. The summed E-state index contributed by atoms with van der Waals surface area (Å²) < 4.78 is 5.19. The first-order valence-corrected chi connectivity index (χ1v) is 8.37. The van der Waals surface area contributed by atoms with Crippen molar-refractivity contribution in [1.82, 2.24) is 20.2 Å². The number of aromatic amines is 1. The molecular formula is C18H20N4O2. The average Bonchev–Trinajstić information content (AvgIpc) is 3.36. The van der Waals surface area contributed by atoms with E-state index in [2.05, 4.69) is 45.4 Å². The quantitative estimate of drug-likeness (QED) is 0.799. The number of piperazine rings is 1. The molecule has 2 saturated heterocycles. The minimum absolute atomic E-state index is 0.502. The van der Waals surface area contributed by atoms with Crippen molar-refractivity contribution < 1.29 is 9.25 Å². The van der Waals surface area contributed by atoms with Gasteiger partial charge >= 0.3 is 0 Å². The number of likely N-dealkylation sites (tertiary alicyclic amines) is 1. The van der Waals surface area contributed by atoms with E-state index in [1.807, 2.05) is 6.07 Å². The van der Waals surface area contributed by atoms with E-state index in [1.54, 1.807) is 12.5 Å². The van der Waals surface area contributed by atoms with Gasteiger partial charge in [-0.25, -0.2) is 0 Å². The standard InChI is InChI=1S/C18H20N4O2/c1-21-8-15-7-14(21)9-22(15)24-11-18-16-6-12(13-4-5-23-10-13)2-3-17(16)19-20-18/h2-6,10,14-15H,7-9,11H2,1H3,(H,19,20)/t14-,15-/m0/s1. The summed E-state index contributed by atoms with van der Waals surface area (Å²) >= 11 is 0. The number of nitrogens with one attached hydrogen (secondary N) is 1. The third kappa shape index (κ3) is 2.26. The van der Waals surface area contributed by atoms with Crippen molar-refractivity contribution in [3.63, 3.8) is 0 Å². The first-order chi connectivity index (χ1) is 11.8. The van der Waals surface area contributed by atoms with E-state index in [4.69, 9.17) is 9.25 Å². The summed E-state index contributed by atoms with van der Waals surface area (Å²) in [5.74, 6) is 0. The van der Waals surface area contributed by atoms with Gasteiger partial charge in [0.05, 0.1) is 23.7 Å². The SMILES string of the molecule is CN1C[C@@H]2C[C@H]1CN2OCc1n[nH]c2ccc(-c3ccoc3)cc12. The van der Waals surface area contributed by atoms with Crippen LogP contribution in [0.3, 0.4) is 0 Å². The van der Waals surface area contributed by atoms with Crippen LogP contribution >= 0.6 is 0 Å². The highest BCUT2D eigenvalue weighted by Crippen LogP contribution is 2.31. The van der Waals surface area contributed by atoms with Crippen molar-refractivity contribution in [3.05, 3.63) is 42.5 Å². The van der Waals surface area contributed by atoms with E-state index >= 15 is 0 Å². The molecule has 2 aliphatic rings. The topological polar surface area (TPSA) is 57.5 Å². The van der Waals surface area contributed by atoms with Gasteiger partial charge in [-0.3, -0.25) is 9.94 Å². The Bertz CT molecular complexity index is 855. The van der Waals surface area contributed by atoms with Crippen LogP contribution < -0.4 is 0 Å². The molecule has 1 aromatic carbocycles. The number of furan rings is 1. The molecule has 0 unspecified atom stereocenters.